The Morgan fingerprint density at radius 2 is 2.25 bits per heavy atom. The zero-order valence-electron chi connectivity index (χ0n) is 12.6. The third-order valence-electron chi connectivity index (χ3n) is 4.06. The van der Waals surface area contributed by atoms with Crippen LogP contribution < -0.4 is 20.9 Å². The fourth-order valence-corrected chi connectivity index (χ4v) is 3.08. The number of hydrazine groups is 1. The standard InChI is InChI=1S/C15H23N3O2/c1-10-8-15(2,3)18(9-14(19)17-16)13-6-5-11(20-4)7-12(10)13/h5-7,10H,8-9,16H2,1-4H3,(H,17,19)/t10-/m1/s1. The molecule has 0 aliphatic carbocycles. The van der Waals surface area contributed by atoms with Crippen LogP contribution in [0.1, 0.15) is 38.7 Å². The van der Waals surface area contributed by atoms with Crippen LogP contribution in [0.3, 0.4) is 0 Å². The molecule has 110 valence electrons. The Hall–Kier alpha value is -1.75. The molecule has 0 saturated carbocycles. The second-order valence-electron chi connectivity index (χ2n) is 6.00. The van der Waals surface area contributed by atoms with E-state index >= 15 is 0 Å². The van der Waals surface area contributed by atoms with Gasteiger partial charge in [0.25, 0.3) is 5.91 Å². The number of rotatable bonds is 3. The lowest BCUT2D eigenvalue weighted by Crippen LogP contribution is -2.53. The smallest absolute Gasteiger partial charge is 0.253 e. The summed E-state index contributed by atoms with van der Waals surface area (Å²) in [6, 6.07) is 6.01. The number of carbonyl (C=O) groups excluding carboxylic acids is 1. The number of amides is 1. The number of carbonyl (C=O) groups is 1. The van der Waals surface area contributed by atoms with Gasteiger partial charge in [-0.3, -0.25) is 10.2 Å². The van der Waals surface area contributed by atoms with Crippen LogP contribution in [0, 0.1) is 0 Å². The van der Waals surface area contributed by atoms with E-state index in [1.54, 1.807) is 7.11 Å². The fraction of sp³-hybridized carbons (Fsp3) is 0.533. The monoisotopic (exact) mass is 277 g/mol. The molecule has 5 nitrogen and oxygen atoms in total. The number of fused-ring (bicyclic) bond motifs is 1. The Morgan fingerprint density at radius 1 is 1.55 bits per heavy atom. The maximum Gasteiger partial charge on any atom is 0.253 e. The Kier molecular flexibility index (Phi) is 3.90. The van der Waals surface area contributed by atoms with Gasteiger partial charge in [-0.25, -0.2) is 5.84 Å². The van der Waals surface area contributed by atoms with Crippen molar-refractivity contribution in [2.45, 2.75) is 38.6 Å². The Balaban J connectivity index is 2.45. The molecule has 20 heavy (non-hydrogen) atoms. The Labute approximate surface area is 120 Å². The number of hydrogen-bond donors (Lipinski definition) is 2. The highest BCUT2D eigenvalue weighted by Crippen LogP contribution is 2.44. The van der Waals surface area contributed by atoms with Gasteiger partial charge in [-0.05, 0) is 49.9 Å². The number of nitrogens with two attached hydrogens (primary N) is 1. The quantitative estimate of drug-likeness (QED) is 0.502. The van der Waals surface area contributed by atoms with Gasteiger partial charge >= 0.3 is 0 Å². The summed E-state index contributed by atoms with van der Waals surface area (Å²) in [6.45, 7) is 6.77. The van der Waals surface area contributed by atoms with Gasteiger partial charge in [0, 0.05) is 11.2 Å². The van der Waals surface area contributed by atoms with E-state index in [0.29, 0.717) is 5.92 Å². The minimum absolute atomic E-state index is 0.0898. The highest BCUT2D eigenvalue weighted by Gasteiger charge is 2.37. The summed E-state index contributed by atoms with van der Waals surface area (Å²) in [5.74, 6) is 6.31. The molecule has 1 amide bonds. The van der Waals surface area contributed by atoms with Gasteiger partial charge in [-0.15, -0.1) is 0 Å². The molecule has 2 rings (SSSR count). The van der Waals surface area contributed by atoms with Crippen LogP contribution in [-0.4, -0.2) is 25.1 Å². The van der Waals surface area contributed by atoms with Crippen molar-refractivity contribution in [1.29, 1.82) is 0 Å². The van der Waals surface area contributed by atoms with Gasteiger partial charge < -0.3 is 9.64 Å². The van der Waals surface area contributed by atoms with Crippen LogP contribution in [0.15, 0.2) is 18.2 Å². The van der Waals surface area contributed by atoms with Crippen molar-refractivity contribution < 1.29 is 9.53 Å². The first-order chi connectivity index (χ1) is 9.39. The first-order valence-electron chi connectivity index (χ1n) is 6.84. The molecule has 0 aromatic heterocycles. The normalized spacial score (nSPS) is 20.2. The highest BCUT2D eigenvalue weighted by atomic mass is 16.5. The number of methoxy groups -OCH3 is 1. The average molecular weight is 277 g/mol. The third kappa shape index (κ3) is 2.58. The topological polar surface area (TPSA) is 67.6 Å². The van der Waals surface area contributed by atoms with Crippen molar-refractivity contribution in [3.05, 3.63) is 23.8 Å². The molecule has 0 unspecified atom stereocenters. The van der Waals surface area contributed by atoms with Crippen LogP contribution in [-0.2, 0) is 4.79 Å². The van der Waals surface area contributed by atoms with Crippen LogP contribution in [0.2, 0.25) is 0 Å². The van der Waals surface area contributed by atoms with Gasteiger partial charge in [-0.2, -0.15) is 0 Å². The molecule has 0 saturated heterocycles. The molecule has 0 bridgehead atoms. The Bertz CT molecular complexity index is 514. The van der Waals surface area contributed by atoms with E-state index in [2.05, 4.69) is 37.2 Å². The molecule has 1 aromatic rings. The molecular formula is C15H23N3O2. The van der Waals surface area contributed by atoms with Crippen LogP contribution in [0.25, 0.3) is 0 Å². The zero-order valence-corrected chi connectivity index (χ0v) is 12.6. The molecule has 0 radical (unpaired) electrons. The van der Waals surface area contributed by atoms with Crippen molar-refractivity contribution in [3.63, 3.8) is 0 Å². The summed E-state index contributed by atoms with van der Waals surface area (Å²) >= 11 is 0. The largest absolute Gasteiger partial charge is 0.497 e. The van der Waals surface area contributed by atoms with E-state index < -0.39 is 0 Å². The van der Waals surface area contributed by atoms with E-state index in [4.69, 9.17) is 10.6 Å². The maximum atomic E-state index is 11.7. The van der Waals surface area contributed by atoms with Crippen molar-refractivity contribution >= 4 is 11.6 Å². The minimum Gasteiger partial charge on any atom is -0.497 e. The zero-order chi connectivity index (χ0) is 14.9. The summed E-state index contributed by atoms with van der Waals surface area (Å²) < 4.78 is 5.30. The van der Waals surface area contributed by atoms with Crippen LogP contribution >= 0.6 is 0 Å². The average Bonchev–Trinajstić information content (AvgIpc) is 2.42. The van der Waals surface area contributed by atoms with Crippen molar-refractivity contribution in [2.75, 3.05) is 18.6 Å². The summed E-state index contributed by atoms with van der Waals surface area (Å²) in [7, 11) is 1.67. The van der Waals surface area contributed by atoms with Gasteiger partial charge in [-0.1, -0.05) is 6.92 Å². The second-order valence-corrected chi connectivity index (χ2v) is 6.00. The lowest BCUT2D eigenvalue weighted by molar-refractivity contribution is -0.120. The number of nitrogens with one attached hydrogen (secondary N) is 1. The summed E-state index contributed by atoms with van der Waals surface area (Å²) in [5.41, 5.74) is 4.42. The second kappa shape index (κ2) is 5.32. The molecule has 0 fully saturated rings. The molecule has 3 N–H and O–H groups in total. The molecule has 1 aromatic carbocycles. The fourth-order valence-electron chi connectivity index (χ4n) is 3.08. The predicted octanol–water partition coefficient (Wildman–Crippen LogP) is 1.78. The maximum absolute atomic E-state index is 11.7. The van der Waals surface area contributed by atoms with E-state index in [0.717, 1.165) is 17.9 Å². The number of benzene rings is 1. The van der Waals surface area contributed by atoms with Gasteiger partial charge in [0.1, 0.15) is 5.75 Å². The molecule has 1 heterocycles. The first kappa shape index (κ1) is 14.7. The number of nitrogens with zero attached hydrogens (tertiary/aromatic N) is 1. The number of anilines is 1. The van der Waals surface area contributed by atoms with Crippen molar-refractivity contribution in [2.24, 2.45) is 5.84 Å². The first-order valence-corrected chi connectivity index (χ1v) is 6.84. The SMILES string of the molecule is COc1ccc2c(c1)[C@H](C)CC(C)(C)N2CC(=O)NN. The third-order valence-corrected chi connectivity index (χ3v) is 4.06. The lowest BCUT2D eigenvalue weighted by Gasteiger charge is -2.47. The summed E-state index contributed by atoms with van der Waals surface area (Å²) in [4.78, 5) is 13.8. The van der Waals surface area contributed by atoms with E-state index in [-0.39, 0.29) is 18.0 Å². The molecule has 1 atom stereocenters. The lowest BCUT2D eigenvalue weighted by atomic mass is 9.80. The van der Waals surface area contributed by atoms with Crippen molar-refractivity contribution in [1.82, 2.24) is 5.43 Å². The minimum atomic E-state index is -0.186. The number of ether oxygens (including phenoxy) is 1. The summed E-state index contributed by atoms with van der Waals surface area (Å²) in [5, 5.41) is 0. The number of hydrogen-bond acceptors (Lipinski definition) is 4. The van der Waals surface area contributed by atoms with E-state index in [1.165, 1.54) is 5.56 Å². The van der Waals surface area contributed by atoms with Crippen LogP contribution in [0.4, 0.5) is 5.69 Å². The molecule has 5 heteroatoms. The Morgan fingerprint density at radius 3 is 2.85 bits per heavy atom. The molecular weight excluding hydrogens is 254 g/mol. The van der Waals surface area contributed by atoms with E-state index in [9.17, 15) is 4.79 Å². The van der Waals surface area contributed by atoms with E-state index in [1.807, 2.05) is 12.1 Å². The van der Waals surface area contributed by atoms with Crippen LogP contribution in [0.5, 0.6) is 5.75 Å². The highest BCUT2D eigenvalue weighted by molar-refractivity contribution is 5.82. The predicted molar refractivity (Wildman–Crippen MR) is 79.8 cm³/mol. The van der Waals surface area contributed by atoms with Gasteiger partial charge in [0.2, 0.25) is 0 Å². The van der Waals surface area contributed by atoms with Crippen molar-refractivity contribution in [3.8, 4) is 5.75 Å². The molecule has 0 spiro atoms. The van der Waals surface area contributed by atoms with Gasteiger partial charge in [0.15, 0.2) is 0 Å². The molecule has 1 aliphatic rings. The molecule has 1 aliphatic heterocycles. The van der Waals surface area contributed by atoms with Gasteiger partial charge in [0.05, 0.1) is 13.7 Å². The summed E-state index contributed by atoms with van der Waals surface area (Å²) in [6.07, 6.45) is 0.977.